The van der Waals surface area contributed by atoms with Crippen molar-refractivity contribution >= 4 is 5.82 Å². The van der Waals surface area contributed by atoms with Crippen molar-refractivity contribution < 1.29 is 4.74 Å². The van der Waals surface area contributed by atoms with Gasteiger partial charge < -0.3 is 10.5 Å². The molecule has 1 aromatic heterocycles. The zero-order chi connectivity index (χ0) is 13.3. The van der Waals surface area contributed by atoms with Crippen molar-refractivity contribution in [3.8, 4) is 17.0 Å². The summed E-state index contributed by atoms with van der Waals surface area (Å²) < 4.78 is 5.20. The lowest BCUT2D eigenvalue weighted by atomic mass is 10.00. The first kappa shape index (κ1) is 12.4. The Kier molecular flexibility index (Phi) is 3.19. The van der Waals surface area contributed by atoms with Gasteiger partial charge in [-0.1, -0.05) is 0 Å². The Morgan fingerprint density at radius 2 is 1.78 bits per heavy atom. The molecular weight excluding hydrogens is 226 g/mol. The van der Waals surface area contributed by atoms with Crippen LogP contribution in [0.3, 0.4) is 0 Å². The third-order valence-corrected chi connectivity index (χ3v) is 3.25. The number of hydrogen-bond acceptors (Lipinski definition) is 4. The monoisotopic (exact) mass is 243 g/mol. The number of benzene rings is 1. The Morgan fingerprint density at radius 3 is 2.39 bits per heavy atom. The summed E-state index contributed by atoms with van der Waals surface area (Å²) in [5, 5.41) is 8.21. The van der Waals surface area contributed by atoms with E-state index in [1.165, 1.54) is 0 Å². The molecule has 2 N–H and O–H groups in total. The summed E-state index contributed by atoms with van der Waals surface area (Å²) in [5.74, 6) is 1.33. The van der Waals surface area contributed by atoms with Crippen LogP contribution in [0.2, 0.25) is 0 Å². The third kappa shape index (κ3) is 2.01. The molecule has 0 unspecified atom stereocenters. The maximum Gasteiger partial charge on any atom is 0.149 e. The molecule has 0 spiro atoms. The van der Waals surface area contributed by atoms with E-state index in [4.69, 9.17) is 10.5 Å². The fourth-order valence-electron chi connectivity index (χ4n) is 1.91. The van der Waals surface area contributed by atoms with Gasteiger partial charge in [-0.3, -0.25) is 0 Å². The van der Waals surface area contributed by atoms with E-state index in [1.807, 2.05) is 39.0 Å². The molecule has 0 fully saturated rings. The number of hydrogen-bond donors (Lipinski definition) is 1. The number of rotatable bonds is 2. The summed E-state index contributed by atoms with van der Waals surface area (Å²) in [7, 11) is 1.66. The highest BCUT2D eigenvalue weighted by Gasteiger charge is 2.12. The molecule has 0 amide bonds. The van der Waals surface area contributed by atoms with E-state index in [0.717, 1.165) is 33.7 Å². The van der Waals surface area contributed by atoms with Gasteiger partial charge in [-0.2, -0.15) is 0 Å². The molecule has 94 valence electrons. The molecule has 0 saturated heterocycles. The molecule has 0 aliphatic heterocycles. The lowest BCUT2D eigenvalue weighted by Gasteiger charge is -2.11. The van der Waals surface area contributed by atoms with Gasteiger partial charge in [0.1, 0.15) is 11.6 Å². The second-order valence-electron chi connectivity index (χ2n) is 4.36. The first-order valence-electron chi connectivity index (χ1n) is 5.79. The number of ether oxygens (including phenoxy) is 1. The zero-order valence-corrected chi connectivity index (χ0v) is 11.1. The van der Waals surface area contributed by atoms with E-state index in [9.17, 15) is 0 Å². The van der Waals surface area contributed by atoms with Gasteiger partial charge in [-0.05, 0) is 55.7 Å². The number of aryl methyl sites for hydroxylation is 1. The predicted octanol–water partition coefficient (Wildman–Crippen LogP) is 2.66. The van der Waals surface area contributed by atoms with Crippen LogP contribution < -0.4 is 10.5 Å². The molecule has 0 saturated carbocycles. The maximum atomic E-state index is 5.76. The number of nitrogens with two attached hydrogens (primary N) is 1. The molecule has 0 atom stereocenters. The Morgan fingerprint density at radius 1 is 1.06 bits per heavy atom. The first-order valence-corrected chi connectivity index (χ1v) is 5.79. The summed E-state index contributed by atoms with van der Waals surface area (Å²) >= 11 is 0. The highest BCUT2D eigenvalue weighted by atomic mass is 16.5. The minimum Gasteiger partial charge on any atom is -0.497 e. The Bertz CT molecular complexity index is 594. The van der Waals surface area contributed by atoms with Gasteiger partial charge in [-0.15, -0.1) is 10.2 Å². The fraction of sp³-hybridized carbons (Fsp3) is 0.286. The van der Waals surface area contributed by atoms with Gasteiger partial charge in [0, 0.05) is 5.56 Å². The van der Waals surface area contributed by atoms with Crippen LogP contribution in [0.15, 0.2) is 18.2 Å². The lowest BCUT2D eigenvalue weighted by Crippen LogP contribution is -2.02. The van der Waals surface area contributed by atoms with Gasteiger partial charge in [0.05, 0.1) is 12.8 Å². The van der Waals surface area contributed by atoms with Crippen LogP contribution in [-0.2, 0) is 0 Å². The van der Waals surface area contributed by atoms with Crippen molar-refractivity contribution in [3.05, 3.63) is 34.9 Å². The maximum absolute atomic E-state index is 5.76. The van der Waals surface area contributed by atoms with E-state index in [2.05, 4.69) is 10.2 Å². The van der Waals surface area contributed by atoms with Gasteiger partial charge in [0.2, 0.25) is 0 Å². The van der Waals surface area contributed by atoms with Crippen molar-refractivity contribution in [1.29, 1.82) is 0 Å². The molecular formula is C14H17N3O. The molecule has 4 nitrogen and oxygen atoms in total. The van der Waals surface area contributed by atoms with E-state index in [-0.39, 0.29) is 0 Å². The van der Waals surface area contributed by atoms with E-state index < -0.39 is 0 Å². The van der Waals surface area contributed by atoms with Gasteiger partial charge in [0.25, 0.3) is 0 Å². The summed E-state index contributed by atoms with van der Waals surface area (Å²) in [6.45, 7) is 6.01. The topological polar surface area (TPSA) is 61.0 Å². The molecule has 2 rings (SSSR count). The summed E-state index contributed by atoms with van der Waals surface area (Å²) in [6.07, 6.45) is 0. The van der Waals surface area contributed by atoms with Crippen molar-refractivity contribution in [1.82, 2.24) is 10.2 Å². The SMILES string of the molecule is COc1ccc(-c2nnc(N)c(C)c2C)c(C)c1. The van der Waals surface area contributed by atoms with Crippen LogP contribution in [0.5, 0.6) is 5.75 Å². The zero-order valence-electron chi connectivity index (χ0n) is 11.1. The van der Waals surface area contributed by atoms with Gasteiger partial charge in [0.15, 0.2) is 0 Å². The molecule has 2 aromatic rings. The highest BCUT2D eigenvalue weighted by molar-refractivity contribution is 5.69. The predicted molar refractivity (Wildman–Crippen MR) is 72.6 cm³/mol. The molecule has 1 aromatic carbocycles. The van der Waals surface area contributed by atoms with Crippen LogP contribution >= 0.6 is 0 Å². The summed E-state index contributed by atoms with van der Waals surface area (Å²) in [5.41, 5.74) is 10.8. The molecule has 0 aliphatic carbocycles. The molecule has 0 aliphatic rings. The van der Waals surface area contributed by atoms with Crippen LogP contribution in [0.1, 0.15) is 16.7 Å². The van der Waals surface area contributed by atoms with E-state index in [0.29, 0.717) is 5.82 Å². The fourth-order valence-corrected chi connectivity index (χ4v) is 1.91. The van der Waals surface area contributed by atoms with Crippen LogP contribution in [0.4, 0.5) is 5.82 Å². The Balaban J connectivity index is 2.59. The summed E-state index contributed by atoms with van der Waals surface area (Å²) in [4.78, 5) is 0. The Labute approximate surface area is 107 Å². The number of nitrogens with zero attached hydrogens (tertiary/aromatic N) is 2. The largest absolute Gasteiger partial charge is 0.497 e. The van der Waals surface area contributed by atoms with Crippen LogP contribution in [0.25, 0.3) is 11.3 Å². The average Bonchev–Trinajstić information content (AvgIpc) is 2.37. The van der Waals surface area contributed by atoms with Crippen molar-refractivity contribution in [3.63, 3.8) is 0 Å². The van der Waals surface area contributed by atoms with Crippen LogP contribution in [0, 0.1) is 20.8 Å². The standard InChI is InChI=1S/C14H17N3O/c1-8-7-11(18-4)5-6-12(8)13-9(2)10(3)14(15)17-16-13/h5-7H,1-4H3,(H2,15,17). The highest BCUT2D eigenvalue weighted by Crippen LogP contribution is 2.29. The van der Waals surface area contributed by atoms with Gasteiger partial charge >= 0.3 is 0 Å². The molecule has 0 bridgehead atoms. The lowest BCUT2D eigenvalue weighted by molar-refractivity contribution is 0.414. The number of nitrogen functional groups attached to an aromatic ring is 1. The number of anilines is 1. The van der Waals surface area contributed by atoms with Crippen LogP contribution in [-0.4, -0.2) is 17.3 Å². The quantitative estimate of drug-likeness (QED) is 0.880. The normalized spacial score (nSPS) is 10.4. The Hall–Kier alpha value is -2.10. The number of aromatic nitrogens is 2. The van der Waals surface area contributed by atoms with E-state index >= 15 is 0 Å². The average molecular weight is 243 g/mol. The molecule has 18 heavy (non-hydrogen) atoms. The smallest absolute Gasteiger partial charge is 0.149 e. The van der Waals surface area contributed by atoms with E-state index in [1.54, 1.807) is 7.11 Å². The first-order chi connectivity index (χ1) is 8.54. The molecule has 4 heteroatoms. The van der Waals surface area contributed by atoms with Crippen molar-refractivity contribution in [2.75, 3.05) is 12.8 Å². The molecule has 0 radical (unpaired) electrons. The summed E-state index contributed by atoms with van der Waals surface area (Å²) in [6, 6.07) is 5.91. The van der Waals surface area contributed by atoms with Crippen molar-refractivity contribution in [2.45, 2.75) is 20.8 Å². The third-order valence-electron chi connectivity index (χ3n) is 3.25. The molecule has 1 heterocycles. The van der Waals surface area contributed by atoms with Gasteiger partial charge in [-0.25, -0.2) is 0 Å². The van der Waals surface area contributed by atoms with Crippen molar-refractivity contribution in [2.24, 2.45) is 0 Å². The second-order valence-corrected chi connectivity index (χ2v) is 4.36. The minimum atomic E-state index is 0.488. The second kappa shape index (κ2) is 4.64. The number of methoxy groups -OCH3 is 1. The minimum absolute atomic E-state index is 0.488.